The van der Waals surface area contributed by atoms with Crippen LogP contribution in [0.4, 0.5) is 17.5 Å². The van der Waals surface area contributed by atoms with Gasteiger partial charge in [-0.25, -0.2) is 4.98 Å². The second-order valence-corrected chi connectivity index (χ2v) is 6.44. The van der Waals surface area contributed by atoms with Crippen molar-refractivity contribution in [1.82, 2.24) is 9.97 Å². The van der Waals surface area contributed by atoms with Gasteiger partial charge in [-0.1, -0.05) is 12.1 Å². The molecule has 29 heavy (non-hydrogen) atoms. The zero-order valence-corrected chi connectivity index (χ0v) is 17.2. The Morgan fingerprint density at radius 2 is 1.66 bits per heavy atom. The van der Waals surface area contributed by atoms with E-state index >= 15 is 0 Å². The molecule has 0 aliphatic rings. The predicted molar refractivity (Wildman–Crippen MR) is 115 cm³/mol. The van der Waals surface area contributed by atoms with Crippen LogP contribution in [0.5, 0.6) is 17.2 Å². The van der Waals surface area contributed by atoms with E-state index in [0.717, 1.165) is 41.7 Å². The third kappa shape index (κ3) is 5.51. The number of ether oxygens (including phenoxy) is 3. The summed E-state index contributed by atoms with van der Waals surface area (Å²) in [6.45, 7) is 2.68. The number of hydrogen-bond donors (Lipinski definition) is 2. The topological polar surface area (TPSA) is 77.5 Å². The van der Waals surface area contributed by atoms with Crippen LogP contribution in [0.25, 0.3) is 0 Å². The Bertz CT molecular complexity index is 963. The standard InChI is InChI=1S/C22H26N4O3/c1-15-12-21(23-11-10-16-6-5-7-17(13-16)27-2)26-22(24-15)25-19-9-8-18(28-3)14-20(19)29-4/h5-9,12-14H,10-11H2,1-4H3,(H2,23,24,25,26). The van der Waals surface area contributed by atoms with Gasteiger partial charge in [0.05, 0.1) is 27.0 Å². The maximum absolute atomic E-state index is 5.43. The molecular weight excluding hydrogens is 368 g/mol. The minimum absolute atomic E-state index is 0.498. The quantitative estimate of drug-likeness (QED) is 0.563. The lowest BCUT2D eigenvalue weighted by Gasteiger charge is -2.13. The van der Waals surface area contributed by atoms with E-state index in [2.05, 4.69) is 26.7 Å². The molecule has 2 N–H and O–H groups in total. The minimum atomic E-state index is 0.498. The molecule has 0 aliphatic heterocycles. The van der Waals surface area contributed by atoms with Gasteiger partial charge in [0.1, 0.15) is 23.1 Å². The molecule has 2 aromatic carbocycles. The number of methoxy groups -OCH3 is 3. The van der Waals surface area contributed by atoms with Crippen LogP contribution >= 0.6 is 0 Å². The first-order chi connectivity index (χ1) is 14.1. The SMILES string of the molecule is COc1cccc(CCNc2cc(C)nc(Nc3ccc(OC)cc3OC)n2)c1. The highest BCUT2D eigenvalue weighted by atomic mass is 16.5. The number of rotatable bonds is 9. The average Bonchev–Trinajstić information content (AvgIpc) is 2.74. The van der Waals surface area contributed by atoms with Crippen LogP contribution in [-0.4, -0.2) is 37.8 Å². The lowest BCUT2D eigenvalue weighted by atomic mass is 10.1. The molecule has 0 atom stereocenters. The number of nitrogens with zero attached hydrogens (tertiary/aromatic N) is 2. The van der Waals surface area contributed by atoms with Gasteiger partial charge in [-0.3, -0.25) is 0 Å². The highest BCUT2D eigenvalue weighted by Gasteiger charge is 2.08. The molecule has 7 heteroatoms. The minimum Gasteiger partial charge on any atom is -0.497 e. The van der Waals surface area contributed by atoms with E-state index in [4.69, 9.17) is 14.2 Å². The molecule has 0 bridgehead atoms. The number of nitrogens with one attached hydrogen (secondary N) is 2. The Morgan fingerprint density at radius 3 is 2.41 bits per heavy atom. The zero-order chi connectivity index (χ0) is 20.6. The zero-order valence-electron chi connectivity index (χ0n) is 17.2. The molecule has 0 fully saturated rings. The molecule has 0 radical (unpaired) electrons. The fourth-order valence-electron chi connectivity index (χ4n) is 2.90. The Labute approximate surface area is 171 Å². The average molecular weight is 394 g/mol. The fraction of sp³-hybridized carbons (Fsp3) is 0.273. The highest BCUT2D eigenvalue weighted by molar-refractivity contribution is 5.65. The molecule has 0 amide bonds. The number of hydrogen-bond acceptors (Lipinski definition) is 7. The predicted octanol–water partition coefficient (Wildman–Crippen LogP) is 4.21. The van der Waals surface area contributed by atoms with E-state index in [1.54, 1.807) is 21.3 Å². The lowest BCUT2D eigenvalue weighted by Crippen LogP contribution is -2.09. The molecule has 7 nitrogen and oxygen atoms in total. The monoisotopic (exact) mass is 394 g/mol. The van der Waals surface area contributed by atoms with Gasteiger partial charge >= 0.3 is 0 Å². The van der Waals surface area contributed by atoms with E-state index in [0.29, 0.717) is 11.7 Å². The molecule has 0 saturated heterocycles. The summed E-state index contributed by atoms with van der Waals surface area (Å²) >= 11 is 0. The van der Waals surface area contributed by atoms with Crippen LogP contribution in [0.1, 0.15) is 11.3 Å². The van der Waals surface area contributed by atoms with Crippen molar-refractivity contribution in [3.63, 3.8) is 0 Å². The largest absolute Gasteiger partial charge is 0.497 e. The molecule has 1 aromatic heterocycles. The van der Waals surface area contributed by atoms with Crippen molar-refractivity contribution < 1.29 is 14.2 Å². The molecule has 0 saturated carbocycles. The van der Waals surface area contributed by atoms with Crippen LogP contribution in [-0.2, 0) is 6.42 Å². The first-order valence-corrected chi connectivity index (χ1v) is 9.33. The molecule has 3 aromatic rings. The molecule has 3 rings (SSSR count). The van der Waals surface area contributed by atoms with Crippen molar-refractivity contribution in [1.29, 1.82) is 0 Å². The molecule has 0 unspecified atom stereocenters. The fourth-order valence-corrected chi connectivity index (χ4v) is 2.90. The Morgan fingerprint density at radius 1 is 0.862 bits per heavy atom. The van der Waals surface area contributed by atoms with E-state index in [9.17, 15) is 0 Å². The van der Waals surface area contributed by atoms with Gasteiger partial charge in [-0.15, -0.1) is 0 Å². The number of aromatic nitrogens is 2. The highest BCUT2D eigenvalue weighted by Crippen LogP contribution is 2.30. The Balaban J connectivity index is 1.68. The van der Waals surface area contributed by atoms with Crippen molar-refractivity contribution in [3.05, 3.63) is 59.8 Å². The van der Waals surface area contributed by atoms with Crippen LogP contribution < -0.4 is 24.8 Å². The van der Waals surface area contributed by atoms with Gasteiger partial charge in [0.25, 0.3) is 0 Å². The summed E-state index contributed by atoms with van der Waals surface area (Å²) in [6, 6.07) is 15.5. The Kier molecular flexibility index (Phi) is 6.73. The maximum atomic E-state index is 5.43. The van der Waals surface area contributed by atoms with Crippen LogP contribution in [0.2, 0.25) is 0 Å². The summed E-state index contributed by atoms with van der Waals surface area (Å²) in [5.74, 6) is 3.49. The van der Waals surface area contributed by atoms with Gasteiger partial charge < -0.3 is 24.8 Å². The third-order valence-electron chi connectivity index (χ3n) is 4.36. The summed E-state index contributed by atoms with van der Waals surface area (Å²) in [6.07, 6.45) is 0.856. The first kappa shape index (κ1) is 20.3. The van der Waals surface area contributed by atoms with Crippen molar-refractivity contribution in [2.75, 3.05) is 38.5 Å². The van der Waals surface area contributed by atoms with Crippen molar-refractivity contribution in [2.45, 2.75) is 13.3 Å². The van der Waals surface area contributed by atoms with Crippen LogP contribution in [0.3, 0.4) is 0 Å². The second kappa shape index (κ2) is 9.64. The van der Waals surface area contributed by atoms with Gasteiger partial charge in [-0.2, -0.15) is 4.98 Å². The number of aryl methyl sites for hydroxylation is 1. The second-order valence-electron chi connectivity index (χ2n) is 6.44. The molecule has 0 aliphatic carbocycles. The first-order valence-electron chi connectivity index (χ1n) is 9.33. The summed E-state index contributed by atoms with van der Waals surface area (Å²) in [5, 5.41) is 6.58. The van der Waals surface area contributed by atoms with Crippen molar-refractivity contribution in [2.24, 2.45) is 0 Å². The third-order valence-corrected chi connectivity index (χ3v) is 4.36. The molecular formula is C22H26N4O3. The molecule has 152 valence electrons. The van der Waals surface area contributed by atoms with Crippen molar-refractivity contribution in [3.8, 4) is 17.2 Å². The normalized spacial score (nSPS) is 10.3. The Hall–Kier alpha value is -3.48. The summed E-state index contributed by atoms with van der Waals surface area (Å²) in [7, 11) is 4.91. The summed E-state index contributed by atoms with van der Waals surface area (Å²) in [4.78, 5) is 9.04. The van der Waals surface area contributed by atoms with Crippen molar-refractivity contribution >= 4 is 17.5 Å². The van der Waals surface area contributed by atoms with E-state index < -0.39 is 0 Å². The molecule has 1 heterocycles. The van der Waals surface area contributed by atoms with E-state index in [-0.39, 0.29) is 0 Å². The lowest BCUT2D eigenvalue weighted by molar-refractivity contribution is 0.395. The van der Waals surface area contributed by atoms with Gasteiger partial charge in [0.2, 0.25) is 5.95 Å². The summed E-state index contributed by atoms with van der Waals surface area (Å²) < 4.78 is 15.9. The van der Waals surface area contributed by atoms with Crippen LogP contribution in [0.15, 0.2) is 48.5 Å². The number of anilines is 3. The van der Waals surface area contributed by atoms with Gasteiger partial charge in [0.15, 0.2) is 0 Å². The smallest absolute Gasteiger partial charge is 0.229 e. The van der Waals surface area contributed by atoms with Crippen LogP contribution in [0, 0.1) is 6.92 Å². The summed E-state index contributed by atoms with van der Waals surface area (Å²) in [5.41, 5.74) is 2.82. The number of benzene rings is 2. The van der Waals surface area contributed by atoms with E-state index in [1.165, 1.54) is 5.56 Å². The maximum Gasteiger partial charge on any atom is 0.229 e. The molecule has 0 spiro atoms. The van der Waals surface area contributed by atoms with Gasteiger partial charge in [-0.05, 0) is 43.2 Å². The van der Waals surface area contributed by atoms with E-state index in [1.807, 2.05) is 49.4 Å². The van der Waals surface area contributed by atoms with Gasteiger partial charge in [0, 0.05) is 24.4 Å².